The van der Waals surface area contributed by atoms with E-state index in [0.29, 0.717) is 0 Å². The van der Waals surface area contributed by atoms with Gasteiger partial charge in [0.2, 0.25) is 0 Å². The van der Waals surface area contributed by atoms with Crippen molar-refractivity contribution in [2.75, 3.05) is 5.73 Å². The molecule has 0 fully saturated rings. The van der Waals surface area contributed by atoms with Gasteiger partial charge in [-0.25, -0.2) is 26.3 Å². The van der Waals surface area contributed by atoms with Crippen LogP contribution in [0.15, 0.2) is 0 Å². The number of alkyl halides is 2. The molecule has 1 rings (SSSR count). The largest absolute Gasteiger partial charge is 0.394 e. The van der Waals surface area contributed by atoms with Crippen LogP contribution in [0.5, 0.6) is 0 Å². The third kappa shape index (κ3) is 1.73. The summed E-state index contributed by atoms with van der Waals surface area (Å²) < 4.78 is 76.4. The van der Waals surface area contributed by atoms with Gasteiger partial charge in [-0.2, -0.15) is 0 Å². The van der Waals surface area contributed by atoms with Gasteiger partial charge in [-0.05, 0) is 0 Å². The quantitative estimate of drug-likeness (QED) is 0.447. The average molecular weight is 229 g/mol. The van der Waals surface area contributed by atoms with Crippen LogP contribution < -0.4 is 5.73 Å². The highest BCUT2D eigenvalue weighted by Gasteiger charge is 2.37. The Morgan fingerprint density at radius 3 is 1.47 bits per heavy atom. The van der Waals surface area contributed by atoms with Crippen LogP contribution in [0.25, 0.3) is 0 Å². The number of hydrogen-bond donors (Lipinski definition) is 1. The van der Waals surface area contributed by atoms with E-state index in [1.165, 1.54) is 0 Å². The first-order valence-electron chi connectivity index (χ1n) is 3.67. The minimum Gasteiger partial charge on any atom is -0.394 e. The summed E-state index contributed by atoms with van der Waals surface area (Å²) in [4.78, 5) is 0. The fourth-order valence-corrected chi connectivity index (χ4v) is 1.03. The fourth-order valence-electron chi connectivity index (χ4n) is 1.03. The Bertz CT molecular complexity index is 380. The Hall–Kier alpha value is -1.40. The molecule has 0 aromatic heterocycles. The molecule has 0 aliphatic carbocycles. The number of rotatable bonds is 1. The lowest BCUT2D eigenvalue weighted by Gasteiger charge is -2.14. The van der Waals surface area contributed by atoms with Gasteiger partial charge in [0.15, 0.2) is 23.3 Å². The molecule has 0 heterocycles. The molecule has 0 aliphatic rings. The summed E-state index contributed by atoms with van der Waals surface area (Å²) in [6.07, 6.45) is 0. The first-order chi connectivity index (χ1) is 6.68. The van der Waals surface area contributed by atoms with E-state index in [-0.39, 0.29) is 6.92 Å². The molecule has 0 aliphatic heterocycles. The summed E-state index contributed by atoms with van der Waals surface area (Å²) in [5, 5.41) is 0. The summed E-state index contributed by atoms with van der Waals surface area (Å²) in [5.41, 5.74) is 1.19. The topological polar surface area (TPSA) is 26.0 Å². The van der Waals surface area contributed by atoms with Crippen molar-refractivity contribution < 1.29 is 26.3 Å². The van der Waals surface area contributed by atoms with E-state index in [9.17, 15) is 26.3 Å². The molecule has 15 heavy (non-hydrogen) atoms. The maximum Gasteiger partial charge on any atom is 0.276 e. The van der Waals surface area contributed by atoms with Crippen LogP contribution in [-0.2, 0) is 5.92 Å². The van der Waals surface area contributed by atoms with E-state index in [2.05, 4.69) is 5.73 Å². The van der Waals surface area contributed by atoms with Crippen LogP contribution in [0.4, 0.5) is 32.0 Å². The van der Waals surface area contributed by atoms with Crippen molar-refractivity contribution in [2.24, 2.45) is 0 Å². The van der Waals surface area contributed by atoms with Crippen molar-refractivity contribution in [1.82, 2.24) is 0 Å². The lowest BCUT2D eigenvalue weighted by molar-refractivity contribution is 0.00837. The Balaban J connectivity index is 3.68. The van der Waals surface area contributed by atoms with E-state index in [4.69, 9.17) is 0 Å². The van der Waals surface area contributed by atoms with Gasteiger partial charge in [-0.3, -0.25) is 0 Å². The Labute approximate surface area is 80.5 Å². The Morgan fingerprint density at radius 2 is 1.20 bits per heavy atom. The fraction of sp³-hybridized carbons (Fsp3) is 0.250. The van der Waals surface area contributed by atoms with Gasteiger partial charge < -0.3 is 5.73 Å². The van der Waals surface area contributed by atoms with E-state index in [1.807, 2.05) is 0 Å². The lowest BCUT2D eigenvalue weighted by Crippen LogP contribution is -2.17. The number of benzene rings is 1. The zero-order valence-corrected chi connectivity index (χ0v) is 7.35. The highest BCUT2D eigenvalue weighted by molar-refractivity contribution is 5.46. The van der Waals surface area contributed by atoms with Crippen LogP contribution >= 0.6 is 0 Å². The maximum atomic E-state index is 12.9. The molecule has 1 nitrogen and oxygen atoms in total. The van der Waals surface area contributed by atoms with E-state index in [1.54, 1.807) is 0 Å². The number of halogens is 6. The number of hydrogen-bond acceptors (Lipinski definition) is 1. The van der Waals surface area contributed by atoms with Gasteiger partial charge in [0.1, 0.15) is 5.69 Å². The predicted molar refractivity (Wildman–Crippen MR) is 40.3 cm³/mol. The smallest absolute Gasteiger partial charge is 0.276 e. The molecule has 0 saturated carbocycles. The standard InChI is InChI=1S/C8H5F6N/c1-8(13,14)2-3(9)5(11)7(15)6(12)4(2)10/h15H2,1H3. The molecular weight excluding hydrogens is 224 g/mol. The second-order valence-electron chi connectivity index (χ2n) is 2.93. The normalized spacial score (nSPS) is 11.9. The van der Waals surface area contributed by atoms with Crippen molar-refractivity contribution in [3.05, 3.63) is 28.8 Å². The number of nitrogens with two attached hydrogens (primary N) is 1. The Morgan fingerprint density at radius 1 is 0.867 bits per heavy atom. The second-order valence-corrected chi connectivity index (χ2v) is 2.93. The van der Waals surface area contributed by atoms with Crippen molar-refractivity contribution >= 4 is 5.69 Å². The van der Waals surface area contributed by atoms with Crippen LogP contribution in [0.3, 0.4) is 0 Å². The van der Waals surface area contributed by atoms with Crippen LogP contribution in [0.1, 0.15) is 12.5 Å². The first kappa shape index (κ1) is 11.7. The summed E-state index contributed by atoms with van der Waals surface area (Å²) in [6, 6.07) is 0. The molecular formula is C8H5F6N. The summed E-state index contributed by atoms with van der Waals surface area (Å²) in [7, 11) is 0. The summed E-state index contributed by atoms with van der Waals surface area (Å²) in [6.45, 7) is 0.115. The molecule has 0 bridgehead atoms. The molecule has 0 atom stereocenters. The highest BCUT2D eigenvalue weighted by Crippen LogP contribution is 2.36. The zero-order valence-electron chi connectivity index (χ0n) is 7.35. The predicted octanol–water partition coefficient (Wildman–Crippen LogP) is 2.94. The monoisotopic (exact) mass is 229 g/mol. The molecule has 1 aromatic rings. The van der Waals surface area contributed by atoms with E-state index < -0.39 is 40.4 Å². The summed E-state index contributed by atoms with van der Waals surface area (Å²) in [5.74, 6) is -12.4. The van der Waals surface area contributed by atoms with Crippen molar-refractivity contribution in [1.29, 1.82) is 0 Å². The lowest BCUT2D eigenvalue weighted by atomic mass is 10.1. The third-order valence-electron chi connectivity index (χ3n) is 1.74. The molecule has 84 valence electrons. The first-order valence-corrected chi connectivity index (χ1v) is 3.67. The SMILES string of the molecule is CC(F)(F)c1c(F)c(F)c(N)c(F)c1F. The van der Waals surface area contributed by atoms with E-state index in [0.717, 1.165) is 0 Å². The third-order valence-corrected chi connectivity index (χ3v) is 1.74. The van der Waals surface area contributed by atoms with Gasteiger partial charge in [-0.15, -0.1) is 0 Å². The molecule has 1 aromatic carbocycles. The minimum atomic E-state index is -4.04. The number of anilines is 1. The molecule has 0 amide bonds. The van der Waals surface area contributed by atoms with Crippen LogP contribution in [-0.4, -0.2) is 0 Å². The van der Waals surface area contributed by atoms with Gasteiger partial charge in [0.05, 0.1) is 5.56 Å². The Kier molecular flexibility index (Phi) is 2.58. The zero-order chi connectivity index (χ0) is 12.0. The molecule has 0 saturated heterocycles. The molecule has 0 unspecified atom stereocenters. The highest BCUT2D eigenvalue weighted by atomic mass is 19.3. The average Bonchev–Trinajstić information content (AvgIpc) is 2.09. The van der Waals surface area contributed by atoms with E-state index >= 15 is 0 Å². The number of nitrogen functional groups attached to an aromatic ring is 1. The molecule has 0 spiro atoms. The van der Waals surface area contributed by atoms with Gasteiger partial charge >= 0.3 is 0 Å². The van der Waals surface area contributed by atoms with Crippen LogP contribution in [0, 0.1) is 23.3 Å². The van der Waals surface area contributed by atoms with Crippen molar-refractivity contribution in [2.45, 2.75) is 12.8 Å². The van der Waals surface area contributed by atoms with Gasteiger partial charge in [0.25, 0.3) is 5.92 Å². The van der Waals surface area contributed by atoms with Gasteiger partial charge in [0, 0.05) is 6.92 Å². The molecule has 2 N–H and O–H groups in total. The van der Waals surface area contributed by atoms with Crippen molar-refractivity contribution in [3.8, 4) is 0 Å². The van der Waals surface area contributed by atoms with Crippen molar-refractivity contribution in [3.63, 3.8) is 0 Å². The molecule has 0 radical (unpaired) electrons. The van der Waals surface area contributed by atoms with Gasteiger partial charge in [-0.1, -0.05) is 0 Å². The minimum absolute atomic E-state index is 0.115. The summed E-state index contributed by atoms with van der Waals surface area (Å²) >= 11 is 0. The molecule has 7 heteroatoms. The maximum absolute atomic E-state index is 12.9. The second kappa shape index (κ2) is 3.32. The van der Waals surface area contributed by atoms with Crippen LogP contribution in [0.2, 0.25) is 0 Å².